The van der Waals surface area contributed by atoms with Gasteiger partial charge >= 0.3 is 0 Å². The quantitative estimate of drug-likeness (QED) is 0.826. The molecule has 4 nitrogen and oxygen atoms in total. The van der Waals surface area contributed by atoms with Crippen molar-refractivity contribution in [2.75, 3.05) is 12.0 Å². The molecule has 0 bridgehead atoms. The zero-order valence-electron chi connectivity index (χ0n) is 9.52. The zero-order chi connectivity index (χ0) is 12.3. The van der Waals surface area contributed by atoms with Crippen LogP contribution in [0.5, 0.6) is 0 Å². The van der Waals surface area contributed by atoms with Crippen LogP contribution >= 0.6 is 0 Å². The lowest BCUT2D eigenvalue weighted by atomic mass is 10.1. The Labute approximate surface area is 101 Å². The average Bonchev–Trinajstić information content (AvgIpc) is 2.79. The Morgan fingerprint density at radius 2 is 1.94 bits per heavy atom. The molecule has 1 atom stereocenters. The lowest BCUT2D eigenvalue weighted by Crippen LogP contribution is -2.20. The molecule has 0 saturated heterocycles. The fourth-order valence-electron chi connectivity index (χ4n) is 1.75. The fraction of sp³-hybridized carbons (Fsp3) is 0.250. The van der Waals surface area contributed by atoms with Crippen LogP contribution in [0, 0.1) is 0 Å². The molecule has 1 unspecified atom stereocenters. The number of sulfone groups is 1. The Balaban J connectivity index is 2.38. The van der Waals surface area contributed by atoms with Crippen molar-refractivity contribution in [3.8, 4) is 0 Å². The molecule has 1 aromatic carbocycles. The van der Waals surface area contributed by atoms with Crippen LogP contribution in [0.1, 0.15) is 11.6 Å². The summed E-state index contributed by atoms with van der Waals surface area (Å²) in [5.74, 6) is 0.0543. The molecule has 0 amide bonds. The topological polar surface area (TPSA) is 52.0 Å². The highest BCUT2D eigenvalue weighted by Gasteiger charge is 2.19. The number of hydrogen-bond donors (Lipinski definition) is 0. The Hall–Kier alpha value is -1.62. The van der Waals surface area contributed by atoms with Gasteiger partial charge in [-0.25, -0.2) is 8.42 Å². The summed E-state index contributed by atoms with van der Waals surface area (Å²) < 4.78 is 24.6. The first-order chi connectivity index (χ1) is 8.06. The van der Waals surface area contributed by atoms with Gasteiger partial charge in [-0.15, -0.1) is 0 Å². The van der Waals surface area contributed by atoms with Crippen LogP contribution in [-0.4, -0.2) is 30.2 Å². The Morgan fingerprint density at radius 3 is 2.47 bits per heavy atom. The van der Waals surface area contributed by atoms with E-state index in [1.54, 1.807) is 23.1 Å². The number of benzene rings is 1. The van der Waals surface area contributed by atoms with E-state index in [2.05, 4.69) is 5.10 Å². The molecule has 90 valence electrons. The van der Waals surface area contributed by atoms with Gasteiger partial charge in [-0.2, -0.15) is 5.10 Å². The summed E-state index contributed by atoms with van der Waals surface area (Å²) in [7, 11) is -3.06. The van der Waals surface area contributed by atoms with Crippen LogP contribution in [0.15, 0.2) is 48.8 Å². The van der Waals surface area contributed by atoms with Gasteiger partial charge in [0.05, 0.1) is 11.8 Å². The molecule has 1 aromatic heterocycles. The molecule has 17 heavy (non-hydrogen) atoms. The molecule has 5 heteroatoms. The largest absolute Gasteiger partial charge is 0.264 e. The van der Waals surface area contributed by atoms with Gasteiger partial charge in [0.25, 0.3) is 0 Å². The summed E-state index contributed by atoms with van der Waals surface area (Å²) in [5.41, 5.74) is 0.946. The van der Waals surface area contributed by atoms with Gasteiger partial charge in [0.1, 0.15) is 9.84 Å². The molecule has 2 aromatic rings. The fourth-order valence-corrected chi connectivity index (χ4v) is 2.67. The van der Waals surface area contributed by atoms with Gasteiger partial charge in [0.2, 0.25) is 0 Å². The first-order valence-corrected chi connectivity index (χ1v) is 7.34. The molecule has 0 saturated carbocycles. The molecule has 0 fully saturated rings. The SMILES string of the molecule is CS(=O)(=O)CC(c1ccccc1)n1cccn1. The minimum atomic E-state index is -3.06. The Kier molecular flexibility index (Phi) is 3.28. The standard InChI is InChI=1S/C12H14N2O2S/c1-17(15,16)10-12(14-9-5-8-13-14)11-6-3-2-4-7-11/h2-9,12H,10H2,1H3. The summed E-state index contributed by atoms with van der Waals surface area (Å²) in [6.07, 6.45) is 4.67. The lowest BCUT2D eigenvalue weighted by Gasteiger charge is -2.17. The minimum absolute atomic E-state index is 0.0543. The van der Waals surface area contributed by atoms with Gasteiger partial charge in [-0.05, 0) is 11.6 Å². The predicted octanol–water partition coefficient (Wildman–Crippen LogP) is 1.52. The smallest absolute Gasteiger partial charge is 0.149 e. The van der Waals surface area contributed by atoms with Crippen molar-refractivity contribution >= 4 is 9.84 Å². The van der Waals surface area contributed by atoms with Gasteiger partial charge in [-0.1, -0.05) is 30.3 Å². The van der Waals surface area contributed by atoms with E-state index in [1.807, 2.05) is 30.3 Å². The normalized spacial score (nSPS) is 13.5. The third-order valence-corrected chi connectivity index (χ3v) is 3.41. The van der Waals surface area contributed by atoms with Crippen molar-refractivity contribution in [3.05, 3.63) is 54.4 Å². The first kappa shape index (κ1) is 11.9. The van der Waals surface area contributed by atoms with Crippen LogP contribution in [-0.2, 0) is 9.84 Å². The van der Waals surface area contributed by atoms with Crippen LogP contribution in [0.2, 0.25) is 0 Å². The third-order valence-electron chi connectivity index (χ3n) is 2.49. The molecule has 2 rings (SSSR count). The van der Waals surface area contributed by atoms with Crippen LogP contribution in [0.4, 0.5) is 0 Å². The number of nitrogens with zero attached hydrogens (tertiary/aromatic N) is 2. The second-order valence-corrected chi connectivity index (χ2v) is 6.19. The summed E-state index contributed by atoms with van der Waals surface area (Å²) in [6, 6.07) is 11.1. The summed E-state index contributed by atoms with van der Waals surface area (Å²) >= 11 is 0. The van der Waals surface area contributed by atoms with E-state index < -0.39 is 9.84 Å². The highest BCUT2D eigenvalue weighted by Crippen LogP contribution is 2.18. The van der Waals surface area contributed by atoms with E-state index in [9.17, 15) is 8.42 Å². The van der Waals surface area contributed by atoms with Gasteiger partial charge < -0.3 is 0 Å². The number of aromatic nitrogens is 2. The van der Waals surface area contributed by atoms with Crippen molar-refractivity contribution in [1.29, 1.82) is 0 Å². The highest BCUT2D eigenvalue weighted by atomic mass is 32.2. The molecule has 0 spiro atoms. The highest BCUT2D eigenvalue weighted by molar-refractivity contribution is 7.90. The summed E-state index contributed by atoms with van der Waals surface area (Å²) in [4.78, 5) is 0. The van der Waals surface area contributed by atoms with Crippen LogP contribution in [0.25, 0.3) is 0 Å². The molecular weight excluding hydrogens is 236 g/mol. The van der Waals surface area contributed by atoms with Crippen molar-refractivity contribution < 1.29 is 8.42 Å². The maximum atomic E-state index is 11.5. The number of rotatable bonds is 4. The van der Waals surface area contributed by atoms with E-state index in [-0.39, 0.29) is 11.8 Å². The third kappa shape index (κ3) is 3.17. The van der Waals surface area contributed by atoms with Gasteiger partial charge in [0, 0.05) is 18.6 Å². The molecule has 0 aliphatic carbocycles. The lowest BCUT2D eigenvalue weighted by molar-refractivity contribution is 0.544. The average molecular weight is 250 g/mol. The Morgan fingerprint density at radius 1 is 1.24 bits per heavy atom. The molecule has 1 heterocycles. The van der Waals surface area contributed by atoms with E-state index in [0.717, 1.165) is 5.56 Å². The Bertz CT molecular complexity index is 562. The van der Waals surface area contributed by atoms with Crippen LogP contribution in [0.3, 0.4) is 0 Å². The molecule has 0 radical (unpaired) electrons. The van der Waals surface area contributed by atoms with E-state index in [0.29, 0.717) is 0 Å². The monoisotopic (exact) mass is 250 g/mol. The van der Waals surface area contributed by atoms with Gasteiger partial charge in [-0.3, -0.25) is 4.68 Å². The predicted molar refractivity (Wildman–Crippen MR) is 66.5 cm³/mol. The van der Waals surface area contributed by atoms with Gasteiger partial charge in [0.15, 0.2) is 0 Å². The summed E-state index contributed by atoms with van der Waals surface area (Å²) in [6.45, 7) is 0. The maximum absolute atomic E-state index is 11.5. The van der Waals surface area contributed by atoms with E-state index in [4.69, 9.17) is 0 Å². The van der Waals surface area contributed by atoms with Crippen molar-refractivity contribution in [2.45, 2.75) is 6.04 Å². The first-order valence-electron chi connectivity index (χ1n) is 5.28. The maximum Gasteiger partial charge on any atom is 0.149 e. The van der Waals surface area contributed by atoms with Crippen LogP contribution < -0.4 is 0 Å². The molecule has 0 aliphatic heterocycles. The van der Waals surface area contributed by atoms with Crippen molar-refractivity contribution in [1.82, 2.24) is 9.78 Å². The second-order valence-electron chi connectivity index (χ2n) is 4.00. The van der Waals surface area contributed by atoms with Crippen molar-refractivity contribution in [3.63, 3.8) is 0 Å². The summed E-state index contributed by atoms with van der Waals surface area (Å²) in [5, 5.41) is 4.13. The van der Waals surface area contributed by atoms with Crippen molar-refractivity contribution in [2.24, 2.45) is 0 Å². The minimum Gasteiger partial charge on any atom is -0.264 e. The molecule has 0 aliphatic rings. The molecule has 0 N–H and O–H groups in total. The zero-order valence-corrected chi connectivity index (χ0v) is 10.3. The molecular formula is C12H14N2O2S. The second kappa shape index (κ2) is 4.71. The number of hydrogen-bond acceptors (Lipinski definition) is 3. The van der Waals surface area contributed by atoms with E-state index in [1.165, 1.54) is 6.26 Å². The van der Waals surface area contributed by atoms with E-state index >= 15 is 0 Å².